The molecule has 2 aromatic rings. The van der Waals surface area contributed by atoms with Crippen LogP contribution in [0.3, 0.4) is 0 Å². The second kappa shape index (κ2) is 6.29. The van der Waals surface area contributed by atoms with Crippen LogP contribution in [0.15, 0.2) is 40.2 Å². The summed E-state index contributed by atoms with van der Waals surface area (Å²) in [6, 6.07) is 10.3. The number of nitrogens with two attached hydrogens (primary N) is 1. The predicted octanol–water partition coefficient (Wildman–Crippen LogP) is 4.89. The molecule has 0 amide bonds. The van der Waals surface area contributed by atoms with E-state index in [9.17, 15) is 0 Å². The zero-order chi connectivity index (χ0) is 14.8. The van der Waals surface area contributed by atoms with E-state index in [1.54, 1.807) is 11.3 Å². The maximum Gasteiger partial charge on any atom is 0.145 e. The SMILES string of the molecule is CC(C)(C)c1ccc(OC(CN)c2cc(Br)cs2)cc1. The second-order valence-electron chi connectivity index (χ2n) is 5.78. The van der Waals surface area contributed by atoms with Crippen molar-refractivity contribution in [3.05, 3.63) is 50.6 Å². The molecule has 0 aliphatic carbocycles. The molecule has 1 heterocycles. The lowest BCUT2D eigenvalue weighted by Gasteiger charge is -2.20. The zero-order valence-corrected chi connectivity index (χ0v) is 14.4. The fraction of sp³-hybridized carbons (Fsp3) is 0.375. The lowest BCUT2D eigenvalue weighted by atomic mass is 9.87. The quantitative estimate of drug-likeness (QED) is 0.849. The molecule has 108 valence electrons. The molecular weight excluding hydrogens is 334 g/mol. The normalized spacial score (nSPS) is 13.2. The van der Waals surface area contributed by atoms with Crippen LogP contribution >= 0.6 is 27.3 Å². The van der Waals surface area contributed by atoms with Crippen LogP contribution in [0, 0.1) is 0 Å². The highest BCUT2D eigenvalue weighted by molar-refractivity contribution is 9.10. The fourth-order valence-corrected chi connectivity index (χ4v) is 3.40. The summed E-state index contributed by atoms with van der Waals surface area (Å²) in [4.78, 5) is 1.14. The van der Waals surface area contributed by atoms with Crippen molar-refractivity contribution in [3.63, 3.8) is 0 Å². The smallest absolute Gasteiger partial charge is 0.145 e. The molecule has 2 N–H and O–H groups in total. The van der Waals surface area contributed by atoms with E-state index in [0.717, 1.165) is 15.1 Å². The van der Waals surface area contributed by atoms with E-state index >= 15 is 0 Å². The molecule has 2 nitrogen and oxygen atoms in total. The lowest BCUT2D eigenvalue weighted by Crippen LogP contribution is -2.17. The molecule has 1 atom stereocenters. The van der Waals surface area contributed by atoms with Gasteiger partial charge >= 0.3 is 0 Å². The molecule has 2 rings (SSSR count). The molecule has 0 bridgehead atoms. The van der Waals surface area contributed by atoms with Crippen molar-refractivity contribution < 1.29 is 4.74 Å². The molecule has 0 aliphatic rings. The number of halogens is 1. The number of hydrogen-bond donors (Lipinski definition) is 1. The Kier molecular flexibility index (Phi) is 4.89. The molecule has 1 aromatic carbocycles. The van der Waals surface area contributed by atoms with Crippen LogP contribution in [0.1, 0.15) is 37.3 Å². The van der Waals surface area contributed by atoms with Crippen LogP contribution < -0.4 is 10.5 Å². The Balaban J connectivity index is 2.12. The minimum atomic E-state index is -0.0909. The Bertz CT molecular complexity index is 557. The first-order chi connectivity index (χ1) is 9.40. The summed E-state index contributed by atoms with van der Waals surface area (Å²) in [5, 5.41) is 2.05. The highest BCUT2D eigenvalue weighted by Gasteiger charge is 2.16. The molecule has 4 heteroatoms. The van der Waals surface area contributed by atoms with Crippen LogP contribution in [0.5, 0.6) is 5.75 Å². The van der Waals surface area contributed by atoms with Crippen LogP contribution in [0.25, 0.3) is 0 Å². The maximum absolute atomic E-state index is 6.00. The van der Waals surface area contributed by atoms with Gasteiger partial charge < -0.3 is 10.5 Å². The monoisotopic (exact) mass is 353 g/mol. The third-order valence-electron chi connectivity index (χ3n) is 3.12. The van der Waals surface area contributed by atoms with E-state index in [0.29, 0.717) is 6.54 Å². The molecule has 0 spiro atoms. The maximum atomic E-state index is 6.00. The molecular formula is C16H20BrNOS. The van der Waals surface area contributed by atoms with Crippen molar-refractivity contribution in [3.8, 4) is 5.75 Å². The summed E-state index contributed by atoms with van der Waals surface area (Å²) in [7, 11) is 0. The first-order valence-electron chi connectivity index (χ1n) is 6.61. The highest BCUT2D eigenvalue weighted by Crippen LogP contribution is 2.30. The first-order valence-corrected chi connectivity index (χ1v) is 8.28. The van der Waals surface area contributed by atoms with E-state index in [1.807, 2.05) is 17.5 Å². The van der Waals surface area contributed by atoms with Gasteiger partial charge in [0.05, 0.1) is 0 Å². The van der Waals surface area contributed by atoms with E-state index in [4.69, 9.17) is 10.5 Å². The molecule has 0 aliphatic heterocycles. The Morgan fingerprint density at radius 2 is 1.90 bits per heavy atom. The van der Waals surface area contributed by atoms with Crippen LogP contribution in [0.2, 0.25) is 0 Å². The largest absolute Gasteiger partial charge is 0.484 e. The second-order valence-corrected chi connectivity index (χ2v) is 7.64. The van der Waals surface area contributed by atoms with Gasteiger partial charge in [0.2, 0.25) is 0 Å². The van der Waals surface area contributed by atoms with Crippen molar-refractivity contribution >= 4 is 27.3 Å². The lowest BCUT2D eigenvalue weighted by molar-refractivity contribution is 0.218. The predicted molar refractivity (Wildman–Crippen MR) is 89.6 cm³/mol. The minimum Gasteiger partial charge on any atom is -0.484 e. The van der Waals surface area contributed by atoms with Gasteiger partial charge in [0, 0.05) is 21.3 Å². The van der Waals surface area contributed by atoms with Gasteiger partial charge in [0.1, 0.15) is 11.9 Å². The van der Waals surface area contributed by atoms with Crippen molar-refractivity contribution in [1.82, 2.24) is 0 Å². The number of benzene rings is 1. The van der Waals surface area contributed by atoms with E-state index in [2.05, 4.69) is 54.9 Å². The van der Waals surface area contributed by atoms with Gasteiger partial charge in [-0.15, -0.1) is 11.3 Å². The standard InChI is InChI=1S/C16H20BrNOS/c1-16(2,3)11-4-6-13(7-5-11)19-14(9-18)15-8-12(17)10-20-15/h4-8,10,14H,9,18H2,1-3H3. The average molecular weight is 354 g/mol. The first kappa shape index (κ1) is 15.5. The van der Waals surface area contributed by atoms with Crippen molar-refractivity contribution in [2.45, 2.75) is 32.3 Å². The average Bonchev–Trinajstić information content (AvgIpc) is 2.82. The summed E-state index contributed by atoms with van der Waals surface area (Å²) < 4.78 is 7.07. The van der Waals surface area contributed by atoms with Gasteiger partial charge in [0.25, 0.3) is 0 Å². The third kappa shape index (κ3) is 3.84. The molecule has 0 fully saturated rings. The van der Waals surface area contributed by atoms with Gasteiger partial charge in [-0.3, -0.25) is 0 Å². The molecule has 20 heavy (non-hydrogen) atoms. The van der Waals surface area contributed by atoms with Crippen molar-refractivity contribution in [2.75, 3.05) is 6.54 Å². The summed E-state index contributed by atoms with van der Waals surface area (Å²) in [5.41, 5.74) is 7.28. The van der Waals surface area contributed by atoms with Crippen LogP contribution in [-0.4, -0.2) is 6.54 Å². The summed E-state index contributed by atoms with van der Waals surface area (Å²) in [6.45, 7) is 7.08. The van der Waals surface area contributed by atoms with Crippen molar-refractivity contribution in [2.24, 2.45) is 5.73 Å². The molecule has 0 saturated heterocycles. The van der Waals surface area contributed by atoms with Gasteiger partial charge in [-0.1, -0.05) is 32.9 Å². The van der Waals surface area contributed by atoms with E-state index in [-0.39, 0.29) is 11.5 Å². The molecule has 0 saturated carbocycles. The zero-order valence-electron chi connectivity index (χ0n) is 12.0. The minimum absolute atomic E-state index is 0.0909. The Labute approximate surface area is 133 Å². The van der Waals surface area contributed by atoms with E-state index < -0.39 is 0 Å². The summed E-state index contributed by atoms with van der Waals surface area (Å²) in [5.74, 6) is 0.859. The number of hydrogen-bond acceptors (Lipinski definition) is 3. The Morgan fingerprint density at radius 1 is 1.25 bits per heavy atom. The fourth-order valence-electron chi connectivity index (χ4n) is 1.92. The highest BCUT2D eigenvalue weighted by atomic mass is 79.9. The van der Waals surface area contributed by atoms with Gasteiger partial charge in [-0.05, 0) is 45.1 Å². The number of thiophene rings is 1. The van der Waals surface area contributed by atoms with Gasteiger partial charge in [0.15, 0.2) is 0 Å². The summed E-state index contributed by atoms with van der Waals surface area (Å²) in [6.07, 6.45) is -0.0909. The molecule has 1 unspecified atom stereocenters. The van der Waals surface area contributed by atoms with Crippen LogP contribution in [0.4, 0.5) is 0 Å². The molecule has 1 aromatic heterocycles. The molecule has 0 radical (unpaired) electrons. The van der Waals surface area contributed by atoms with Crippen molar-refractivity contribution in [1.29, 1.82) is 0 Å². The summed E-state index contributed by atoms with van der Waals surface area (Å²) >= 11 is 5.12. The van der Waals surface area contributed by atoms with E-state index in [1.165, 1.54) is 5.56 Å². The number of ether oxygens (including phenoxy) is 1. The Hall–Kier alpha value is -0.840. The van der Waals surface area contributed by atoms with Gasteiger partial charge in [-0.25, -0.2) is 0 Å². The Morgan fingerprint density at radius 3 is 2.35 bits per heavy atom. The van der Waals surface area contributed by atoms with Gasteiger partial charge in [-0.2, -0.15) is 0 Å². The third-order valence-corrected chi connectivity index (χ3v) is 4.90. The van der Waals surface area contributed by atoms with Crippen LogP contribution in [-0.2, 0) is 5.41 Å². The number of rotatable bonds is 4. The topological polar surface area (TPSA) is 35.2 Å².